The van der Waals surface area contributed by atoms with Crippen LogP contribution in [0.1, 0.15) is 24.7 Å². The van der Waals surface area contributed by atoms with Crippen molar-refractivity contribution in [2.75, 3.05) is 6.54 Å². The number of alkyl halides is 3. The Bertz CT molecular complexity index is 612. The molecule has 0 aliphatic rings. The number of nitrogens with one attached hydrogen (secondary N) is 1. The fraction of sp³-hybridized carbons (Fsp3) is 0.533. The molecule has 2 aromatic heterocycles. The fourth-order valence-electron chi connectivity index (χ4n) is 2.48. The van der Waals surface area contributed by atoms with Gasteiger partial charge in [0.25, 0.3) is 0 Å². The molecule has 128 valence electrons. The zero-order valence-electron chi connectivity index (χ0n) is 13.0. The maximum atomic E-state index is 13.3. The molecule has 0 saturated carbocycles. The van der Waals surface area contributed by atoms with E-state index >= 15 is 0 Å². The highest BCUT2D eigenvalue weighted by Crippen LogP contribution is 2.40. The van der Waals surface area contributed by atoms with Crippen molar-refractivity contribution >= 4 is 11.3 Å². The van der Waals surface area contributed by atoms with E-state index in [2.05, 4.69) is 10.3 Å². The van der Waals surface area contributed by atoms with Crippen LogP contribution in [0.5, 0.6) is 0 Å². The van der Waals surface area contributed by atoms with Crippen molar-refractivity contribution in [3.63, 3.8) is 0 Å². The molecule has 0 spiro atoms. The Balaban J connectivity index is 1.98. The largest absolute Gasteiger partial charge is 0.424 e. The van der Waals surface area contributed by atoms with Gasteiger partial charge in [-0.25, -0.2) is 4.98 Å². The number of imidazole rings is 1. The van der Waals surface area contributed by atoms with Gasteiger partial charge in [-0.2, -0.15) is 24.5 Å². The molecule has 8 heteroatoms. The molecule has 0 bridgehead atoms. The lowest BCUT2D eigenvalue weighted by Crippen LogP contribution is -2.47. The van der Waals surface area contributed by atoms with Gasteiger partial charge in [0, 0.05) is 31.9 Å². The van der Waals surface area contributed by atoms with Crippen LogP contribution in [0, 0.1) is 0 Å². The van der Waals surface area contributed by atoms with Crippen LogP contribution in [0.15, 0.2) is 29.2 Å². The predicted octanol–water partition coefficient (Wildman–Crippen LogP) is 2.84. The zero-order chi connectivity index (χ0) is 17.1. The number of hydrogen-bond donors (Lipinski definition) is 2. The Labute approximate surface area is 137 Å². The molecular formula is C15H20F3N3OS. The van der Waals surface area contributed by atoms with E-state index in [1.165, 1.54) is 24.0 Å². The number of rotatable bonds is 7. The van der Waals surface area contributed by atoms with E-state index in [-0.39, 0.29) is 12.6 Å². The van der Waals surface area contributed by atoms with Gasteiger partial charge in [-0.1, -0.05) is 0 Å². The van der Waals surface area contributed by atoms with Crippen LogP contribution < -0.4 is 5.32 Å². The van der Waals surface area contributed by atoms with Crippen LogP contribution in [0.2, 0.25) is 0 Å². The Morgan fingerprint density at radius 1 is 1.43 bits per heavy atom. The first kappa shape index (κ1) is 18.0. The molecule has 0 amide bonds. The second-order valence-electron chi connectivity index (χ2n) is 5.66. The van der Waals surface area contributed by atoms with Crippen molar-refractivity contribution in [2.45, 2.75) is 37.6 Å². The fourth-order valence-corrected chi connectivity index (χ4v) is 3.16. The van der Waals surface area contributed by atoms with E-state index in [9.17, 15) is 18.3 Å². The molecule has 4 nitrogen and oxygen atoms in total. The molecule has 0 radical (unpaired) electrons. The number of aliphatic hydroxyl groups is 1. The van der Waals surface area contributed by atoms with E-state index < -0.39 is 24.0 Å². The van der Waals surface area contributed by atoms with Gasteiger partial charge in [-0.3, -0.25) is 0 Å². The van der Waals surface area contributed by atoms with Crippen molar-refractivity contribution in [3.8, 4) is 0 Å². The van der Waals surface area contributed by atoms with Crippen LogP contribution >= 0.6 is 11.3 Å². The van der Waals surface area contributed by atoms with Gasteiger partial charge in [-0.05, 0) is 42.3 Å². The third-order valence-electron chi connectivity index (χ3n) is 3.76. The van der Waals surface area contributed by atoms with Crippen LogP contribution in [-0.4, -0.2) is 33.4 Å². The van der Waals surface area contributed by atoms with E-state index in [0.717, 1.165) is 12.0 Å². The van der Waals surface area contributed by atoms with Gasteiger partial charge in [0.1, 0.15) is 5.82 Å². The van der Waals surface area contributed by atoms with E-state index in [4.69, 9.17) is 0 Å². The first-order chi connectivity index (χ1) is 10.7. The summed E-state index contributed by atoms with van der Waals surface area (Å²) in [6.07, 6.45) is -1.91. The molecule has 0 aliphatic heterocycles. The standard InChI is InChI=1S/C15H20F3N3OS/c1-11(9-12-3-8-23-10-12)19-5-4-14(22,15(16,17)18)13-20-6-7-21(13)2/h3,6-8,10-11,19,22H,4-5,9H2,1-2H3. The molecule has 0 fully saturated rings. The average Bonchev–Trinajstić information content (AvgIpc) is 3.08. The summed E-state index contributed by atoms with van der Waals surface area (Å²) in [7, 11) is 1.44. The molecule has 23 heavy (non-hydrogen) atoms. The lowest BCUT2D eigenvalue weighted by atomic mass is 9.97. The van der Waals surface area contributed by atoms with Gasteiger partial charge in [0.15, 0.2) is 0 Å². The molecule has 2 aromatic rings. The maximum absolute atomic E-state index is 13.3. The van der Waals surface area contributed by atoms with Gasteiger partial charge in [0.05, 0.1) is 0 Å². The van der Waals surface area contributed by atoms with Gasteiger partial charge in [-0.15, -0.1) is 0 Å². The molecular weight excluding hydrogens is 327 g/mol. The maximum Gasteiger partial charge on any atom is 0.424 e. The second-order valence-corrected chi connectivity index (χ2v) is 6.44. The molecule has 2 rings (SSSR count). The Morgan fingerprint density at radius 2 is 2.17 bits per heavy atom. The summed E-state index contributed by atoms with van der Waals surface area (Å²) in [5.74, 6) is -0.391. The smallest absolute Gasteiger partial charge is 0.374 e. The Kier molecular flexibility index (Phi) is 5.49. The molecule has 0 saturated heterocycles. The summed E-state index contributed by atoms with van der Waals surface area (Å²) in [6.45, 7) is 1.94. The van der Waals surface area contributed by atoms with Crippen molar-refractivity contribution in [1.82, 2.24) is 14.9 Å². The number of thiophene rings is 1. The lowest BCUT2D eigenvalue weighted by molar-refractivity contribution is -0.272. The summed E-state index contributed by atoms with van der Waals surface area (Å²) in [5, 5.41) is 17.2. The highest BCUT2D eigenvalue weighted by Gasteiger charge is 2.57. The quantitative estimate of drug-likeness (QED) is 0.810. The highest BCUT2D eigenvalue weighted by molar-refractivity contribution is 7.07. The topological polar surface area (TPSA) is 50.1 Å². The minimum atomic E-state index is -4.79. The van der Waals surface area contributed by atoms with Crippen LogP contribution in [0.4, 0.5) is 13.2 Å². The molecule has 2 heterocycles. The Morgan fingerprint density at radius 3 is 2.70 bits per heavy atom. The average molecular weight is 347 g/mol. The number of nitrogens with zero attached hydrogens (tertiary/aromatic N) is 2. The van der Waals surface area contributed by atoms with E-state index in [1.807, 2.05) is 23.8 Å². The summed E-state index contributed by atoms with van der Waals surface area (Å²) in [6, 6.07) is 2.01. The highest BCUT2D eigenvalue weighted by atomic mass is 32.1. The molecule has 2 N–H and O–H groups in total. The van der Waals surface area contributed by atoms with Crippen molar-refractivity contribution in [2.24, 2.45) is 7.05 Å². The zero-order valence-corrected chi connectivity index (χ0v) is 13.8. The number of aromatic nitrogens is 2. The number of aryl methyl sites for hydroxylation is 1. The number of hydrogen-bond acceptors (Lipinski definition) is 4. The minimum Gasteiger partial charge on any atom is -0.374 e. The Hall–Kier alpha value is -1.38. The monoisotopic (exact) mass is 347 g/mol. The summed E-state index contributed by atoms with van der Waals surface area (Å²) >= 11 is 1.59. The number of halogens is 3. The molecule has 2 unspecified atom stereocenters. The van der Waals surface area contributed by atoms with Crippen LogP contribution in [-0.2, 0) is 19.1 Å². The van der Waals surface area contributed by atoms with Crippen LogP contribution in [0.25, 0.3) is 0 Å². The van der Waals surface area contributed by atoms with E-state index in [0.29, 0.717) is 0 Å². The van der Waals surface area contributed by atoms with Gasteiger partial charge >= 0.3 is 6.18 Å². The molecule has 0 aliphatic carbocycles. The van der Waals surface area contributed by atoms with Crippen LogP contribution in [0.3, 0.4) is 0 Å². The first-order valence-electron chi connectivity index (χ1n) is 7.25. The predicted molar refractivity (Wildman–Crippen MR) is 83.3 cm³/mol. The van der Waals surface area contributed by atoms with E-state index in [1.54, 1.807) is 11.3 Å². The van der Waals surface area contributed by atoms with Crippen molar-refractivity contribution in [3.05, 3.63) is 40.6 Å². The normalized spacial score (nSPS) is 16.3. The third-order valence-corrected chi connectivity index (χ3v) is 4.49. The lowest BCUT2D eigenvalue weighted by Gasteiger charge is -2.30. The van der Waals surface area contributed by atoms with Crippen molar-refractivity contribution < 1.29 is 18.3 Å². The van der Waals surface area contributed by atoms with Gasteiger partial charge < -0.3 is 15.0 Å². The van der Waals surface area contributed by atoms with Gasteiger partial charge in [0.2, 0.25) is 5.60 Å². The first-order valence-corrected chi connectivity index (χ1v) is 8.19. The SMILES string of the molecule is CC(Cc1ccsc1)NCCC(O)(c1nccn1C)C(F)(F)F. The minimum absolute atomic E-state index is 0.0171. The summed E-state index contributed by atoms with van der Waals surface area (Å²) < 4.78 is 41.2. The van der Waals surface area contributed by atoms with Crippen molar-refractivity contribution in [1.29, 1.82) is 0 Å². The molecule has 0 aromatic carbocycles. The third kappa shape index (κ3) is 4.13. The molecule has 2 atom stereocenters. The second kappa shape index (κ2) is 7.02. The summed E-state index contributed by atoms with van der Waals surface area (Å²) in [4.78, 5) is 3.68. The summed E-state index contributed by atoms with van der Waals surface area (Å²) in [5.41, 5.74) is -1.81.